The third-order valence-corrected chi connectivity index (χ3v) is 3.56. The molecule has 1 aromatic rings. The van der Waals surface area contributed by atoms with Crippen molar-refractivity contribution in [3.63, 3.8) is 0 Å². The van der Waals surface area contributed by atoms with Crippen molar-refractivity contribution in [1.82, 2.24) is 4.90 Å². The number of hydrogen-bond donors (Lipinski definition) is 1. The smallest absolute Gasteiger partial charge is 0.257 e. The van der Waals surface area contributed by atoms with Crippen LogP contribution in [0.25, 0.3) is 0 Å². The summed E-state index contributed by atoms with van der Waals surface area (Å²) in [6, 6.07) is 5.46. The summed E-state index contributed by atoms with van der Waals surface area (Å²) in [4.78, 5) is 14.2. The second-order valence-corrected chi connectivity index (χ2v) is 5.25. The topological polar surface area (TPSA) is 40.5 Å². The van der Waals surface area contributed by atoms with Gasteiger partial charge < -0.3 is 10.0 Å². The van der Waals surface area contributed by atoms with E-state index in [0.29, 0.717) is 5.56 Å². The van der Waals surface area contributed by atoms with Crippen molar-refractivity contribution >= 4 is 5.91 Å². The van der Waals surface area contributed by atoms with Crippen LogP contribution >= 0.6 is 0 Å². The van der Waals surface area contributed by atoms with Gasteiger partial charge in [0.1, 0.15) is 5.75 Å². The third kappa shape index (κ3) is 2.50. The standard InChI is InChI=1S/C15H21NO2/c1-11(2)12-7-6-8-13(14(12)17)15(18)16-9-4-3-5-10-16/h6-8,11,17H,3-5,9-10H2,1-2H3. The van der Waals surface area contributed by atoms with Crippen LogP contribution in [0.1, 0.15) is 54.9 Å². The maximum absolute atomic E-state index is 12.4. The Morgan fingerprint density at radius 1 is 1.22 bits per heavy atom. The van der Waals surface area contributed by atoms with Gasteiger partial charge in [0.05, 0.1) is 5.56 Å². The van der Waals surface area contributed by atoms with Crippen molar-refractivity contribution in [3.8, 4) is 5.75 Å². The van der Waals surface area contributed by atoms with Crippen LogP contribution in [0.15, 0.2) is 18.2 Å². The highest BCUT2D eigenvalue weighted by Gasteiger charge is 2.22. The molecule has 98 valence electrons. The van der Waals surface area contributed by atoms with Crippen LogP contribution in [0.5, 0.6) is 5.75 Å². The highest BCUT2D eigenvalue weighted by Crippen LogP contribution is 2.30. The number of rotatable bonds is 2. The number of amides is 1. The maximum Gasteiger partial charge on any atom is 0.257 e. The molecular weight excluding hydrogens is 226 g/mol. The molecule has 1 N–H and O–H groups in total. The largest absolute Gasteiger partial charge is 0.507 e. The van der Waals surface area contributed by atoms with E-state index in [-0.39, 0.29) is 17.6 Å². The van der Waals surface area contributed by atoms with Crippen LogP contribution < -0.4 is 0 Å². The van der Waals surface area contributed by atoms with E-state index in [1.807, 2.05) is 30.9 Å². The van der Waals surface area contributed by atoms with Crippen LogP contribution in [-0.2, 0) is 0 Å². The first kappa shape index (κ1) is 12.9. The van der Waals surface area contributed by atoms with Crippen molar-refractivity contribution in [3.05, 3.63) is 29.3 Å². The van der Waals surface area contributed by atoms with Crippen molar-refractivity contribution in [1.29, 1.82) is 0 Å². The summed E-state index contributed by atoms with van der Waals surface area (Å²) in [5.74, 6) is 0.344. The summed E-state index contributed by atoms with van der Waals surface area (Å²) in [5, 5.41) is 10.2. The highest BCUT2D eigenvalue weighted by molar-refractivity contribution is 5.97. The molecule has 0 radical (unpaired) electrons. The van der Waals surface area contributed by atoms with Gasteiger partial charge in [-0.3, -0.25) is 4.79 Å². The van der Waals surface area contributed by atoms with Gasteiger partial charge in [0, 0.05) is 13.1 Å². The fraction of sp³-hybridized carbons (Fsp3) is 0.533. The molecule has 1 aromatic carbocycles. The fourth-order valence-corrected chi connectivity index (χ4v) is 2.47. The molecule has 2 rings (SSSR count). The molecule has 1 amide bonds. The summed E-state index contributed by atoms with van der Waals surface area (Å²) in [7, 11) is 0. The molecule has 0 aliphatic carbocycles. The number of likely N-dealkylation sites (tertiary alicyclic amines) is 1. The van der Waals surface area contributed by atoms with E-state index >= 15 is 0 Å². The molecule has 0 atom stereocenters. The average molecular weight is 247 g/mol. The number of aromatic hydroxyl groups is 1. The molecule has 0 unspecified atom stereocenters. The molecule has 1 fully saturated rings. The van der Waals surface area contributed by atoms with Crippen LogP contribution in [-0.4, -0.2) is 29.0 Å². The van der Waals surface area contributed by atoms with Gasteiger partial charge in [-0.15, -0.1) is 0 Å². The zero-order valence-corrected chi connectivity index (χ0v) is 11.1. The number of carbonyl (C=O) groups is 1. The Bertz CT molecular complexity index is 434. The number of phenolic OH excluding ortho intramolecular Hbond substituents is 1. The van der Waals surface area contributed by atoms with Gasteiger partial charge in [-0.2, -0.15) is 0 Å². The van der Waals surface area contributed by atoms with Crippen LogP contribution in [0.4, 0.5) is 0 Å². The molecule has 0 saturated carbocycles. The van der Waals surface area contributed by atoms with Gasteiger partial charge in [0.15, 0.2) is 0 Å². The Hall–Kier alpha value is -1.51. The van der Waals surface area contributed by atoms with Gasteiger partial charge in [-0.25, -0.2) is 0 Å². The van der Waals surface area contributed by atoms with Gasteiger partial charge in [0.25, 0.3) is 5.91 Å². The lowest BCUT2D eigenvalue weighted by molar-refractivity contribution is 0.0721. The lowest BCUT2D eigenvalue weighted by atomic mass is 9.98. The predicted octanol–water partition coefficient (Wildman–Crippen LogP) is 3.14. The predicted molar refractivity (Wildman–Crippen MR) is 72.0 cm³/mol. The fourth-order valence-electron chi connectivity index (χ4n) is 2.47. The van der Waals surface area contributed by atoms with Gasteiger partial charge in [-0.1, -0.05) is 26.0 Å². The molecule has 0 bridgehead atoms. The van der Waals surface area contributed by atoms with E-state index in [4.69, 9.17) is 0 Å². The van der Waals surface area contributed by atoms with Crippen molar-refractivity contribution in [2.24, 2.45) is 0 Å². The number of benzene rings is 1. The minimum absolute atomic E-state index is 0.0327. The zero-order chi connectivity index (χ0) is 13.1. The minimum atomic E-state index is -0.0327. The highest BCUT2D eigenvalue weighted by atomic mass is 16.3. The quantitative estimate of drug-likeness (QED) is 0.872. The average Bonchev–Trinajstić information content (AvgIpc) is 2.39. The maximum atomic E-state index is 12.4. The molecule has 3 nitrogen and oxygen atoms in total. The number of para-hydroxylation sites is 1. The van der Waals surface area contributed by atoms with Gasteiger partial charge >= 0.3 is 0 Å². The molecule has 1 aliphatic heterocycles. The number of piperidine rings is 1. The summed E-state index contributed by atoms with van der Waals surface area (Å²) in [6.45, 7) is 5.66. The first-order valence-electron chi connectivity index (χ1n) is 6.72. The Kier molecular flexibility index (Phi) is 3.90. The number of carbonyl (C=O) groups excluding carboxylic acids is 1. The van der Waals surface area contributed by atoms with E-state index < -0.39 is 0 Å². The Morgan fingerprint density at radius 3 is 2.50 bits per heavy atom. The SMILES string of the molecule is CC(C)c1cccc(C(=O)N2CCCCC2)c1O. The summed E-state index contributed by atoms with van der Waals surface area (Å²) in [6.07, 6.45) is 3.33. The molecule has 1 heterocycles. The van der Waals surface area contributed by atoms with Crippen LogP contribution in [0.3, 0.4) is 0 Å². The number of phenols is 1. The first-order chi connectivity index (χ1) is 8.61. The summed E-state index contributed by atoms with van der Waals surface area (Å²) < 4.78 is 0. The van der Waals surface area contributed by atoms with Crippen molar-refractivity contribution in [2.75, 3.05) is 13.1 Å². The van der Waals surface area contributed by atoms with Crippen molar-refractivity contribution < 1.29 is 9.90 Å². The Labute approximate surface area is 108 Å². The van der Waals surface area contributed by atoms with E-state index in [0.717, 1.165) is 31.5 Å². The molecule has 0 spiro atoms. The third-order valence-electron chi connectivity index (χ3n) is 3.56. The van der Waals surface area contributed by atoms with Gasteiger partial charge in [-0.05, 0) is 36.8 Å². The Balaban J connectivity index is 2.27. The molecule has 1 saturated heterocycles. The molecule has 18 heavy (non-hydrogen) atoms. The Morgan fingerprint density at radius 2 is 1.89 bits per heavy atom. The second-order valence-electron chi connectivity index (χ2n) is 5.25. The normalized spacial score (nSPS) is 16.1. The molecule has 3 heteroatoms. The first-order valence-corrected chi connectivity index (χ1v) is 6.72. The van der Waals surface area contributed by atoms with E-state index in [2.05, 4.69) is 0 Å². The molecule has 1 aliphatic rings. The lowest BCUT2D eigenvalue weighted by Crippen LogP contribution is -2.35. The van der Waals surface area contributed by atoms with E-state index in [1.54, 1.807) is 6.07 Å². The summed E-state index contributed by atoms with van der Waals surface area (Å²) in [5.41, 5.74) is 1.29. The second kappa shape index (κ2) is 5.42. The zero-order valence-electron chi connectivity index (χ0n) is 11.1. The van der Waals surface area contributed by atoms with Crippen LogP contribution in [0, 0.1) is 0 Å². The van der Waals surface area contributed by atoms with Gasteiger partial charge in [0.2, 0.25) is 0 Å². The lowest BCUT2D eigenvalue weighted by Gasteiger charge is -2.27. The number of nitrogens with zero attached hydrogens (tertiary/aromatic N) is 1. The summed E-state index contributed by atoms with van der Waals surface area (Å²) >= 11 is 0. The minimum Gasteiger partial charge on any atom is -0.507 e. The van der Waals surface area contributed by atoms with E-state index in [9.17, 15) is 9.90 Å². The molecule has 0 aromatic heterocycles. The van der Waals surface area contributed by atoms with Crippen LogP contribution in [0.2, 0.25) is 0 Å². The monoisotopic (exact) mass is 247 g/mol. The van der Waals surface area contributed by atoms with E-state index in [1.165, 1.54) is 6.42 Å². The number of hydrogen-bond acceptors (Lipinski definition) is 2. The van der Waals surface area contributed by atoms with Crippen molar-refractivity contribution in [2.45, 2.75) is 39.0 Å². The molecular formula is C15H21NO2.